The normalized spacial score (nSPS) is 11.6. The van der Waals surface area contributed by atoms with Gasteiger partial charge in [0.2, 0.25) is 5.91 Å². The van der Waals surface area contributed by atoms with Crippen LogP contribution in [0, 0.1) is 0 Å². The number of carbonyl (C=O) groups excluding carboxylic acids is 1. The highest BCUT2D eigenvalue weighted by atomic mass is 35.5. The maximum Gasteiger partial charge on any atom is 0.261 e. The number of amides is 1. The predicted octanol–water partition coefficient (Wildman–Crippen LogP) is 4.53. The zero-order valence-corrected chi connectivity index (χ0v) is 17.5. The van der Waals surface area contributed by atoms with Gasteiger partial charge in [-0.05, 0) is 38.5 Å². The summed E-state index contributed by atoms with van der Waals surface area (Å²) < 4.78 is 1.29. The number of hydrogen-bond donors (Lipinski definition) is 0. The summed E-state index contributed by atoms with van der Waals surface area (Å²) in [5.41, 5.74) is 0.634. The molecule has 0 spiro atoms. The van der Waals surface area contributed by atoms with E-state index in [1.54, 1.807) is 4.90 Å². The Morgan fingerprint density at radius 1 is 1.14 bits per heavy atom. The Kier molecular flexibility index (Phi) is 5.77. The number of aromatic nitrogens is 2. The van der Waals surface area contributed by atoms with Gasteiger partial charge in [-0.15, -0.1) is 0 Å². The van der Waals surface area contributed by atoms with Crippen LogP contribution in [0.25, 0.3) is 10.9 Å². The first-order valence-electron chi connectivity index (χ1n) is 8.85. The molecule has 2 aromatic carbocycles. The number of fused-ring (bicyclic) bond motifs is 1. The van der Waals surface area contributed by atoms with Crippen molar-refractivity contribution in [2.45, 2.75) is 39.4 Å². The van der Waals surface area contributed by atoms with Gasteiger partial charge in [-0.25, -0.2) is 4.98 Å². The molecule has 0 aliphatic carbocycles. The van der Waals surface area contributed by atoms with E-state index in [0.717, 1.165) is 5.56 Å². The second kappa shape index (κ2) is 7.94. The lowest BCUT2D eigenvalue weighted by atomic mass is 10.0. The Morgan fingerprint density at radius 2 is 1.82 bits per heavy atom. The lowest BCUT2D eigenvalue weighted by Gasteiger charge is -2.36. The maximum atomic E-state index is 13.1. The second-order valence-electron chi connectivity index (χ2n) is 7.60. The molecule has 1 heterocycles. The van der Waals surface area contributed by atoms with Gasteiger partial charge in [0, 0.05) is 17.1 Å². The number of rotatable bonds is 4. The van der Waals surface area contributed by atoms with Crippen molar-refractivity contribution >= 4 is 40.0 Å². The highest BCUT2D eigenvalue weighted by Crippen LogP contribution is 2.24. The van der Waals surface area contributed by atoms with Gasteiger partial charge in [0.15, 0.2) is 0 Å². The Balaban J connectivity index is 1.93. The topological polar surface area (TPSA) is 55.2 Å². The Hall–Kier alpha value is -2.37. The summed E-state index contributed by atoms with van der Waals surface area (Å²) in [6, 6.07) is 12.8. The number of hydrogen-bond acceptors (Lipinski definition) is 3. The van der Waals surface area contributed by atoms with Crippen LogP contribution in [0.3, 0.4) is 0 Å². The standard InChI is InChI=1S/C21H21Cl2N3O2/c1-21(2,3)26(11-14-7-5-4-6-8-14)18(27)12-25-13-24-19-16(20(25)28)9-15(22)10-17(19)23/h4-10,13H,11-12H2,1-3H3. The minimum atomic E-state index is -0.409. The van der Waals surface area contributed by atoms with Crippen molar-refractivity contribution in [2.75, 3.05) is 0 Å². The van der Waals surface area contributed by atoms with E-state index < -0.39 is 5.54 Å². The molecular weight excluding hydrogens is 397 g/mol. The van der Waals surface area contributed by atoms with Gasteiger partial charge in [0.25, 0.3) is 5.56 Å². The lowest BCUT2D eigenvalue weighted by Crippen LogP contribution is -2.47. The first-order chi connectivity index (χ1) is 13.2. The third-order valence-corrected chi connectivity index (χ3v) is 4.95. The largest absolute Gasteiger partial charge is 0.332 e. The van der Waals surface area contributed by atoms with Crippen molar-refractivity contribution in [3.8, 4) is 0 Å². The molecule has 5 nitrogen and oxygen atoms in total. The van der Waals surface area contributed by atoms with Crippen LogP contribution in [0.15, 0.2) is 53.6 Å². The van der Waals surface area contributed by atoms with Gasteiger partial charge < -0.3 is 4.90 Å². The quantitative estimate of drug-likeness (QED) is 0.626. The predicted molar refractivity (Wildman–Crippen MR) is 113 cm³/mol. The Labute approximate surface area is 173 Å². The van der Waals surface area contributed by atoms with E-state index in [2.05, 4.69) is 4.98 Å². The van der Waals surface area contributed by atoms with Gasteiger partial charge in [-0.2, -0.15) is 0 Å². The number of carbonyl (C=O) groups is 1. The fourth-order valence-corrected chi connectivity index (χ4v) is 3.55. The van der Waals surface area contributed by atoms with E-state index in [0.29, 0.717) is 22.1 Å². The van der Waals surface area contributed by atoms with Crippen LogP contribution in [-0.4, -0.2) is 25.9 Å². The SMILES string of the molecule is CC(C)(C)N(Cc1ccccc1)C(=O)Cn1cnc2c(Cl)cc(Cl)cc2c1=O. The van der Waals surface area contributed by atoms with Gasteiger partial charge >= 0.3 is 0 Å². The molecule has 3 aromatic rings. The second-order valence-corrected chi connectivity index (χ2v) is 8.44. The molecule has 0 fully saturated rings. The van der Waals surface area contributed by atoms with E-state index in [4.69, 9.17) is 23.2 Å². The van der Waals surface area contributed by atoms with E-state index >= 15 is 0 Å². The van der Waals surface area contributed by atoms with Crippen LogP contribution in [-0.2, 0) is 17.9 Å². The molecule has 1 aromatic heterocycles. The molecule has 0 unspecified atom stereocenters. The molecule has 146 valence electrons. The molecule has 7 heteroatoms. The summed E-state index contributed by atoms with van der Waals surface area (Å²) in [5, 5.41) is 0.942. The minimum Gasteiger partial charge on any atom is -0.332 e. The average molecular weight is 418 g/mol. The lowest BCUT2D eigenvalue weighted by molar-refractivity contribution is -0.137. The summed E-state index contributed by atoms with van der Waals surface area (Å²) in [7, 11) is 0. The Morgan fingerprint density at radius 3 is 2.46 bits per heavy atom. The van der Waals surface area contributed by atoms with Crippen molar-refractivity contribution < 1.29 is 4.79 Å². The monoisotopic (exact) mass is 417 g/mol. The number of nitrogens with zero attached hydrogens (tertiary/aromatic N) is 3. The smallest absolute Gasteiger partial charge is 0.261 e. The molecule has 1 amide bonds. The molecule has 0 radical (unpaired) electrons. The summed E-state index contributed by atoms with van der Waals surface area (Å²) in [5.74, 6) is -0.173. The molecule has 0 saturated carbocycles. The summed E-state index contributed by atoms with van der Waals surface area (Å²) >= 11 is 12.1. The van der Waals surface area contributed by atoms with E-state index in [9.17, 15) is 9.59 Å². The fraction of sp³-hybridized carbons (Fsp3) is 0.286. The van der Waals surface area contributed by atoms with Gasteiger partial charge in [-0.1, -0.05) is 53.5 Å². The number of halogens is 2. The molecule has 0 bridgehead atoms. The minimum absolute atomic E-state index is 0.115. The van der Waals surface area contributed by atoms with Crippen LogP contribution < -0.4 is 5.56 Å². The maximum absolute atomic E-state index is 13.1. The van der Waals surface area contributed by atoms with Gasteiger partial charge in [0.05, 0.1) is 22.3 Å². The van der Waals surface area contributed by atoms with Crippen LogP contribution in [0.2, 0.25) is 10.0 Å². The van der Waals surface area contributed by atoms with Crippen molar-refractivity contribution in [2.24, 2.45) is 0 Å². The van der Waals surface area contributed by atoms with Gasteiger partial charge in [0.1, 0.15) is 6.54 Å². The van der Waals surface area contributed by atoms with Crippen LogP contribution >= 0.6 is 23.2 Å². The van der Waals surface area contributed by atoms with Crippen LogP contribution in [0.1, 0.15) is 26.3 Å². The van der Waals surface area contributed by atoms with Crippen molar-refractivity contribution in [3.05, 3.63) is 74.8 Å². The van der Waals surface area contributed by atoms with Crippen LogP contribution in [0.4, 0.5) is 0 Å². The molecule has 28 heavy (non-hydrogen) atoms. The van der Waals surface area contributed by atoms with Crippen molar-refractivity contribution in [3.63, 3.8) is 0 Å². The molecule has 0 atom stereocenters. The third-order valence-electron chi connectivity index (χ3n) is 4.45. The number of benzene rings is 2. The van der Waals surface area contributed by atoms with Crippen molar-refractivity contribution in [1.29, 1.82) is 0 Å². The zero-order chi connectivity index (χ0) is 20.5. The molecule has 0 aliphatic rings. The third kappa shape index (κ3) is 4.37. The molecule has 0 N–H and O–H groups in total. The molecular formula is C21H21Cl2N3O2. The summed E-state index contributed by atoms with van der Waals surface area (Å²) in [4.78, 5) is 31.9. The highest BCUT2D eigenvalue weighted by Gasteiger charge is 2.27. The van der Waals surface area contributed by atoms with E-state index in [-0.39, 0.29) is 23.4 Å². The average Bonchev–Trinajstić information content (AvgIpc) is 2.62. The fourth-order valence-electron chi connectivity index (χ4n) is 3.00. The van der Waals surface area contributed by atoms with Crippen LogP contribution in [0.5, 0.6) is 0 Å². The first-order valence-corrected chi connectivity index (χ1v) is 9.61. The molecule has 0 aliphatic heterocycles. The zero-order valence-electron chi connectivity index (χ0n) is 15.9. The summed E-state index contributed by atoms with van der Waals surface area (Å²) in [6.45, 7) is 6.24. The molecule has 0 saturated heterocycles. The first kappa shape index (κ1) is 20.4. The highest BCUT2D eigenvalue weighted by molar-refractivity contribution is 6.38. The van der Waals surface area contributed by atoms with E-state index in [1.165, 1.54) is 23.0 Å². The molecule has 3 rings (SSSR count). The van der Waals surface area contributed by atoms with Crippen molar-refractivity contribution in [1.82, 2.24) is 14.5 Å². The van der Waals surface area contributed by atoms with E-state index in [1.807, 2.05) is 51.1 Å². The summed E-state index contributed by atoms with van der Waals surface area (Å²) in [6.07, 6.45) is 1.35. The van der Waals surface area contributed by atoms with Gasteiger partial charge in [-0.3, -0.25) is 14.2 Å². The Bertz CT molecular complexity index is 1070.